The maximum Gasteiger partial charge on any atom is 0.337 e. The van der Waals surface area contributed by atoms with E-state index in [0.29, 0.717) is 18.2 Å². The Bertz CT molecular complexity index is 361. The SMILES string of the molecule is COC(=O)c1ccc(N2CC2CN)cc1. The van der Waals surface area contributed by atoms with Crippen molar-refractivity contribution in [1.29, 1.82) is 0 Å². The Hall–Kier alpha value is -1.55. The Balaban J connectivity index is 2.08. The van der Waals surface area contributed by atoms with Crippen molar-refractivity contribution in [3.63, 3.8) is 0 Å². The van der Waals surface area contributed by atoms with Gasteiger partial charge in [0.1, 0.15) is 0 Å². The van der Waals surface area contributed by atoms with Crippen LogP contribution in [-0.4, -0.2) is 32.2 Å². The van der Waals surface area contributed by atoms with E-state index in [-0.39, 0.29) is 5.97 Å². The molecule has 0 aliphatic carbocycles. The Kier molecular flexibility index (Phi) is 2.60. The fraction of sp³-hybridized carbons (Fsp3) is 0.364. The summed E-state index contributed by atoms with van der Waals surface area (Å²) in [4.78, 5) is 13.4. The van der Waals surface area contributed by atoms with Gasteiger partial charge in [-0.3, -0.25) is 0 Å². The third kappa shape index (κ3) is 1.94. The number of rotatable bonds is 3. The number of anilines is 1. The van der Waals surface area contributed by atoms with Gasteiger partial charge in [-0.05, 0) is 24.3 Å². The second-order valence-corrected chi connectivity index (χ2v) is 3.58. The molecule has 0 aromatic heterocycles. The van der Waals surface area contributed by atoms with Crippen LogP contribution in [0.3, 0.4) is 0 Å². The van der Waals surface area contributed by atoms with Crippen LogP contribution in [0.4, 0.5) is 5.69 Å². The molecule has 0 amide bonds. The minimum absolute atomic E-state index is 0.303. The molecule has 15 heavy (non-hydrogen) atoms. The first-order valence-corrected chi connectivity index (χ1v) is 4.91. The van der Waals surface area contributed by atoms with E-state index >= 15 is 0 Å². The molecule has 4 nitrogen and oxygen atoms in total. The van der Waals surface area contributed by atoms with Crippen molar-refractivity contribution in [1.82, 2.24) is 0 Å². The van der Waals surface area contributed by atoms with Crippen molar-refractivity contribution in [2.24, 2.45) is 5.73 Å². The van der Waals surface area contributed by atoms with Gasteiger partial charge in [-0.1, -0.05) is 0 Å². The van der Waals surface area contributed by atoms with Gasteiger partial charge in [-0.2, -0.15) is 0 Å². The molecule has 0 spiro atoms. The number of hydrogen-bond acceptors (Lipinski definition) is 4. The molecule has 1 heterocycles. The highest BCUT2D eigenvalue weighted by Gasteiger charge is 2.32. The van der Waals surface area contributed by atoms with Crippen LogP contribution in [0.25, 0.3) is 0 Å². The normalized spacial score (nSPS) is 18.8. The molecule has 2 N–H and O–H groups in total. The molecule has 0 saturated carbocycles. The summed E-state index contributed by atoms with van der Waals surface area (Å²) in [5, 5.41) is 0. The number of carbonyl (C=O) groups excluding carboxylic acids is 1. The van der Waals surface area contributed by atoms with E-state index < -0.39 is 0 Å². The van der Waals surface area contributed by atoms with Gasteiger partial charge >= 0.3 is 5.97 Å². The van der Waals surface area contributed by atoms with Crippen molar-refractivity contribution < 1.29 is 9.53 Å². The summed E-state index contributed by atoms with van der Waals surface area (Å²) in [7, 11) is 1.38. The minimum Gasteiger partial charge on any atom is -0.465 e. The molecule has 1 aliphatic heterocycles. The third-order valence-corrected chi connectivity index (χ3v) is 2.61. The van der Waals surface area contributed by atoms with E-state index in [1.165, 1.54) is 7.11 Å². The number of esters is 1. The number of hydrogen-bond donors (Lipinski definition) is 1. The van der Waals surface area contributed by atoms with Crippen molar-refractivity contribution in [2.45, 2.75) is 6.04 Å². The van der Waals surface area contributed by atoms with Crippen LogP contribution >= 0.6 is 0 Å². The van der Waals surface area contributed by atoms with Crippen LogP contribution in [0.5, 0.6) is 0 Å². The first-order valence-electron chi connectivity index (χ1n) is 4.91. The molecule has 0 radical (unpaired) electrons. The van der Waals surface area contributed by atoms with Crippen molar-refractivity contribution in [3.05, 3.63) is 29.8 Å². The van der Waals surface area contributed by atoms with Crippen molar-refractivity contribution >= 4 is 11.7 Å². The lowest BCUT2D eigenvalue weighted by atomic mass is 10.2. The monoisotopic (exact) mass is 206 g/mol. The summed E-state index contributed by atoms with van der Waals surface area (Å²) in [6, 6.07) is 7.85. The van der Waals surface area contributed by atoms with Crippen LogP contribution in [0, 0.1) is 0 Å². The van der Waals surface area contributed by atoms with E-state index in [4.69, 9.17) is 5.73 Å². The highest BCUT2D eigenvalue weighted by atomic mass is 16.5. The number of methoxy groups -OCH3 is 1. The molecule has 1 aromatic carbocycles. The summed E-state index contributed by atoms with van der Waals surface area (Å²) < 4.78 is 4.62. The molecule has 0 bridgehead atoms. The maximum atomic E-state index is 11.2. The lowest BCUT2D eigenvalue weighted by molar-refractivity contribution is 0.0601. The molecular weight excluding hydrogens is 192 g/mol. The van der Waals surface area contributed by atoms with Gasteiger partial charge in [0.15, 0.2) is 0 Å². The largest absolute Gasteiger partial charge is 0.465 e. The van der Waals surface area contributed by atoms with Gasteiger partial charge in [-0.15, -0.1) is 0 Å². The fourth-order valence-electron chi connectivity index (χ4n) is 1.60. The predicted octanol–water partition coefficient (Wildman–Crippen LogP) is 0.620. The van der Waals surface area contributed by atoms with E-state index in [1.54, 1.807) is 12.1 Å². The van der Waals surface area contributed by atoms with Crippen molar-refractivity contribution in [3.8, 4) is 0 Å². The number of ether oxygens (including phenoxy) is 1. The van der Waals surface area contributed by atoms with Crippen LogP contribution < -0.4 is 10.6 Å². The van der Waals surface area contributed by atoms with E-state index in [1.807, 2.05) is 12.1 Å². The number of nitrogens with two attached hydrogens (primary N) is 1. The molecule has 1 fully saturated rings. The zero-order chi connectivity index (χ0) is 10.8. The molecular formula is C11H14N2O2. The average molecular weight is 206 g/mol. The van der Waals surface area contributed by atoms with Gasteiger partial charge in [0, 0.05) is 18.8 Å². The van der Waals surface area contributed by atoms with E-state index in [9.17, 15) is 4.79 Å². The second-order valence-electron chi connectivity index (χ2n) is 3.58. The van der Waals surface area contributed by atoms with Crippen molar-refractivity contribution in [2.75, 3.05) is 25.1 Å². The zero-order valence-electron chi connectivity index (χ0n) is 8.64. The quantitative estimate of drug-likeness (QED) is 0.582. The fourth-order valence-corrected chi connectivity index (χ4v) is 1.60. The molecule has 1 atom stereocenters. The Morgan fingerprint density at radius 2 is 2.20 bits per heavy atom. The predicted molar refractivity (Wildman–Crippen MR) is 58.0 cm³/mol. The first kappa shape index (κ1) is 9.98. The first-order chi connectivity index (χ1) is 7.26. The third-order valence-electron chi connectivity index (χ3n) is 2.61. The summed E-state index contributed by atoms with van der Waals surface area (Å²) in [6.07, 6.45) is 0. The molecule has 1 unspecified atom stereocenters. The summed E-state index contributed by atoms with van der Waals surface area (Å²) >= 11 is 0. The molecule has 1 aliphatic rings. The molecule has 80 valence electrons. The van der Waals surface area contributed by atoms with Crippen LogP contribution in [0.1, 0.15) is 10.4 Å². The lowest BCUT2D eigenvalue weighted by Gasteiger charge is -2.05. The average Bonchev–Trinajstić information content (AvgIpc) is 3.07. The van der Waals surface area contributed by atoms with Crippen LogP contribution in [0.15, 0.2) is 24.3 Å². The topological polar surface area (TPSA) is 55.3 Å². The van der Waals surface area contributed by atoms with Gasteiger partial charge < -0.3 is 15.4 Å². The Labute approximate surface area is 88.6 Å². The minimum atomic E-state index is -0.303. The Morgan fingerprint density at radius 1 is 1.53 bits per heavy atom. The molecule has 1 aromatic rings. The number of nitrogens with zero attached hydrogens (tertiary/aromatic N) is 1. The zero-order valence-corrected chi connectivity index (χ0v) is 8.64. The maximum absolute atomic E-state index is 11.2. The second kappa shape index (κ2) is 3.90. The highest BCUT2D eigenvalue weighted by molar-refractivity contribution is 5.89. The van der Waals surface area contributed by atoms with Crippen LogP contribution in [0.2, 0.25) is 0 Å². The summed E-state index contributed by atoms with van der Waals surface area (Å²) in [6.45, 7) is 1.69. The van der Waals surface area contributed by atoms with E-state index in [0.717, 1.165) is 12.2 Å². The Morgan fingerprint density at radius 3 is 2.67 bits per heavy atom. The standard InChI is InChI=1S/C11H14N2O2/c1-15-11(14)8-2-4-9(5-3-8)13-7-10(13)6-12/h2-5,10H,6-7,12H2,1H3. The lowest BCUT2D eigenvalue weighted by Crippen LogP contribution is -2.11. The van der Waals surface area contributed by atoms with Gasteiger partial charge in [0.25, 0.3) is 0 Å². The molecule has 4 heteroatoms. The number of benzene rings is 1. The van der Waals surface area contributed by atoms with Gasteiger partial charge in [0.05, 0.1) is 18.7 Å². The molecule has 1 saturated heterocycles. The number of carbonyl (C=O) groups is 1. The van der Waals surface area contributed by atoms with Crippen LogP contribution in [-0.2, 0) is 4.74 Å². The molecule has 2 rings (SSSR count). The van der Waals surface area contributed by atoms with Gasteiger partial charge in [-0.25, -0.2) is 4.79 Å². The summed E-state index contributed by atoms with van der Waals surface area (Å²) in [5.74, 6) is -0.303. The smallest absolute Gasteiger partial charge is 0.337 e. The highest BCUT2D eigenvalue weighted by Crippen LogP contribution is 2.27. The van der Waals surface area contributed by atoms with Gasteiger partial charge in [0.2, 0.25) is 0 Å². The summed E-state index contributed by atoms with van der Waals surface area (Å²) in [5.41, 5.74) is 7.23. The van der Waals surface area contributed by atoms with E-state index in [2.05, 4.69) is 9.64 Å².